The van der Waals surface area contributed by atoms with Gasteiger partial charge in [0.1, 0.15) is 0 Å². The first-order chi connectivity index (χ1) is 10.2. The number of rotatable bonds is 5. The Hall–Kier alpha value is -0.890. The summed E-state index contributed by atoms with van der Waals surface area (Å²) in [6.45, 7) is 10.6. The number of ether oxygens (including phenoxy) is 1. The van der Waals surface area contributed by atoms with Gasteiger partial charge in [-0.2, -0.15) is 0 Å². The van der Waals surface area contributed by atoms with Crippen LogP contribution in [0.5, 0.6) is 0 Å². The zero-order chi connectivity index (χ0) is 15.1. The third-order valence-electron chi connectivity index (χ3n) is 4.05. The molecular formula is C14H28N4O3. The van der Waals surface area contributed by atoms with Gasteiger partial charge in [0.2, 0.25) is 0 Å². The SMILES string of the molecule is CCOC(=O)N1CCN(CC(O)CN2CCNCC2)CC1. The molecule has 2 heterocycles. The van der Waals surface area contributed by atoms with Crippen molar-refractivity contribution in [1.82, 2.24) is 20.0 Å². The zero-order valence-corrected chi connectivity index (χ0v) is 13.0. The van der Waals surface area contributed by atoms with Crippen LogP contribution in [-0.4, -0.2) is 104 Å². The fourth-order valence-electron chi connectivity index (χ4n) is 2.88. The predicted octanol–water partition coefficient (Wildman–Crippen LogP) is -0.973. The molecule has 0 aliphatic carbocycles. The van der Waals surface area contributed by atoms with Gasteiger partial charge in [-0.3, -0.25) is 9.80 Å². The summed E-state index contributed by atoms with van der Waals surface area (Å²) in [5, 5.41) is 13.5. The third kappa shape index (κ3) is 5.43. The van der Waals surface area contributed by atoms with Crippen LogP contribution in [0.25, 0.3) is 0 Å². The molecular weight excluding hydrogens is 272 g/mol. The van der Waals surface area contributed by atoms with Crippen LogP contribution in [0.15, 0.2) is 0 Å². The molecule has 2 aliphatic rings. The average molecular weight is 300 g/mol. The second kappa shape index (κ2) is 8.53. The minimum Gasteiger partial charge on any atom is -0.450 e. The van der Waals surface area contributed by atoms with Gasteiger partial charge in [-0.25, -0.2) is 4.79 Å². The highest BCUT2D eigenvalue weighted by molar-refractivity contribution is 5.67. The van der Waals surface area contributed by atoms with Crippen LogP contribution in [0, 0.1) is 0 Å². The molecule has 2 aliphatic heterocycles. The number of piperazine rings is 2. The molecule has 0 aromatic carbocycles. The van der Waals surface area contributed by atoms with E-state index in [1.54, 1.807) is 4.90 Å². The van der Waals surface area contributed by atoms with Crippen LogP contribution < -0.4 is 5.32 Å². The summed E-state index contributed by atoms with van der Waals surface area (Å²) in [4.78, 5) is 17.9. The molecule has 21 heavy (non-hydrogen) atoms. The Morgan fingerprint density at radius 3 is 2.24 bits per heavy atom. The Labute approximate surface area is 126 Å². The maximum absolute atomic E-state index is 11.6. The smallest absolute Gasteiger partial charge is 0.409 e. The number of β-amino-alcohol motifs (C(OH)–C–C–N with tert-alkyl or cyclic N) is 1. The van der Waals surface area contributed by atoms with Crippen molar-refractivity contribution in [2.24, 2.45) is 0 Å². The molecule has 0 aromatic rings. The molecule has 1 unspecified atom stereocenters. The molecule has 1 amide bonds. The normalized spacial score (nSPS) is 23.0. The summed E-state index contributed by atoms with van der Waals surface area (Å²) in [6.07, 6.45) is -0.546. The monoisotopic (exact) mass is 300 g/mol. The fourth-order valence-corrected chi connectivity index (χ4v) is 2.88. The molecule has 0 radical (unpaired) electrons. The van der Waals surface area contributed by atoms with E-state index in [1.165, 1.54) is 0 Å². The van der Waals surface area contributed by atoms with Crippen molar-refractivity contribution >= 4 is 6.09 Å². The first-order valence-electron chi connectivity index (χ1n) is 7.94. The zero-order valence-electron chi connectivity index (χ0n) is 13.0. The van der Waals surface area contributed by atoms with Crippen molar-refractivity contribution in [1.29, 1.82) is 0 Å². The number of aliphatic hydroxyl groups excluding tert-OH is 1. The van der Waals surface area contributed by atoms with Gasteiger partial charge in [-0.05, 0) is 6.92 Å². The molecule has 122 valence electrons. The highest BCUT2D eigenvalue weighted by Gasteiger charge is 2.24. The van der Waals surface area contributed by atoms with Crippen molar-refractivity contribution < 1.29 is 14.6 Å². The van der Waals surface area contributed by atoms with Gasteiger partial charge >= 0.3 is 6.09 Å². The Morgan fingerprint density at radius 2 is 1.67 bits per heavy atom. The number of carbonyl (C=O) groups excluding carboxylic acids is 1. The lowest BCUT2D eigenvalue weighted by atomic mass is 10.2. The maximum Gasteiger partial charge on any atom is 0.409 e. The summed E-state index contributed by atoms with van der Waals surface area (Å²) in [7, 11) is 0. The van der Waals surface area contributed by atoms with Crippen molar-refractivity contribution in [3.05, 3.63) is 0 Å². The molecule has 7 nitrogen and oxygen atoms in total. The minimum absolute atomic E-state index is 0.224. The average Bonchev–Trinajstić information content (AvgIpc) is 2.49. The molecule has 0 bridgehead atoms. The molecule has 7 heteroatoms. The van der Waals surface area contributed by atoms with Gasteiger partial charge in [-0.15, -0.1) is 0 Å². The van der Waals surface area contributed by atoms with E-state index < -0.39 is 0 Å². The molecule has 2 fully saturated rings. The van der Waals surface area contributed by atoms with E-state index in [2.05, 4.69) is 15.1 Å². The van der Waals surface area contributed by atoms with Crippen LogP contribution in [0.3, 0.4) is 0 Å². The predicted molar refractivity (Wildman–Crippen MR) is 80.4 cm³/mol. The van der Waals surface area contributed by atoms with E-state index in [1.807, 2.05) is 6.92 Å². The summed E-state index contributed by atoms with van der Waals surface area (Å²) in [5.41, 5.74) is 0. The largest absolute Gasteiger partial charge is 0.450 e. The lowest BCUT2D eigenvalue weighted by Crippen LogP contribution is -2.52. The van der Waals surface area contributed by atoms with Crippen LogP contribution in [0.1, 0.15) is 6.92 Å². The van der Waals surface area contributed by atoms with E-state index in [9.17, 15) is 9.90 Å². The van der Waals surface area contributed by atoms with E-state index in [-0.39, 0.29) is 12.2 Å². The molecule has 0 spiro atoms. The van der Waals surface area contributed by atoms with Gasteiger partial charge in [0.25, 0.3) is 0 Å². The standard InChI is InChI=1S/C14H28N4O3/c1-2-21-14(20)18-9-7-17(8-10-18)12-13(19)11-16-5-3-15-4-6-16/h13,15,19H,2-12H2,1H3. The van der Waals surface area contributed by atoms with Crippen LogP contribution >= 0.6 is 0 Å². The van der Waals surface area contributed by atoms with Gasteiger partial charge in [0, 0.05) is 65.4 Å². The van der Waals surface area contributed by atoms with E-state index in [0.29, 0.717) is 26.2 Å². The highest BCUT2D eigenvalue weighted by atomic mass is 16.6. The maximum atomic E-state index is 11.6. The fraction of sp³-hybridized carbons (Fsp3) is 0.929. The van der Waals surface area contributed by atoms with Crippen molar-refractivity contribution in [3.63, 3.8) is 0 Å². The topological polar surface area (TPSA) is 68.3 Å². The van der Waals surface area contributed by atoms with E-state index in [4.69, 9.17) is 4.74 Å². The van der Waals surface area contributed by atoms with E-state index in [0.717, 1.165) is 45.8 Å². The molecule has 2 saturated heterocycles. The van der Waals surface area contributed by atoms with Gasteiger partial charge < -0.3 is 20.1 Å². The molecule has 1 atom stereocenters. The Morgan fingerprint density at radius 1 is 1.10 bits per heavy atom. The molecule has 2 N–H and O–H groups in total. The second-order valence-corrected chi connectivity index (χ2v) is 5.69. The molecule has 2 rings (SSSR count). The van der Waals surface area contributed by atoms with Crippen molar-refractivity contribution in [3.8, 4) is 0 Å². The van der Waals surface area contributed by atoms with E-state index >= 15 is 0 Å². The number of nitrogens with one attached hydrogen (secondary N) is 1. The number of hydrogen-bond donors (Lipinski definition) is 2. The highest BCUT2D eigenvalue weighted by Crippen LogP contribution is 2.05. The summed E-state index contributed by atoms with van der Waals surface area (Å²) in [6, 6.07) is 0. The number of amides is 1. The number of carbonyl (C=O) groups is 1. The quantitative estimate of drug-likeness (QED) is 0.681. The number of aliphatic hydroxyl groups is 1. The first-order valence-corrected chi connectivity index (χ1v) is 7.94. The summed E-state index contributed by atoms with van der Waals surface area (Å²) < 4.78 is 5.00. The lowest BCUT2D eigenvalue weighted by Gasteiger charge is -2.36. The van der Waals surface area contributed by atoms with Crippen molar-refractivity contribution in [2.75, 3.05) is 72.1 Å². The Balaban J connectivity index is 1.64. The Kier molecular flexibility index (Phi) is 6.69. The van der Waals surface area contributed by atoms with Crippen LogP contribution in [0.4, 0.5) is 4.79 Å². The van der Waals surface area contributed by atoms with Gasteiger partial charge in [-0.1, -0.05) is 0 Å². The molecule has 0 aromatic heterocycles. The molecule has 0 saturated carbocycles. The van der Waals surface area contributed by atoms with Crippen LogP contribution in [-0.2, 0) is 4.74 Å². The number of nitrogens with zero attached hydrogens (tertiary/aromatic N) is 3. The Bertz CT molecular complexity index is 315. The first kappa shape index (κ1) is 16.5. The lowest BCUT2D eigenvalue weighted by molar-refractivity contribution is 0.0424. The minimum atomic E-state index is -0.322. The van der Waals surface area contributed by atoms with Crippen LogP contribution in [0.2, 0.25) is 0 Å². The number of hydrogen-bond acceptors (Lipinski definition) is 6. The second-order valence-electron chi connectivity index (χ2n) is 5.69. The third-order valence-corrected chi connectivity index (χ3v) is 4.05. The van der Waals surface area contributed by atoms with Gasteiger partial charge in [0.05, 0.1) is 12.7 Å². The summed E-state index contributed by atoms with van der Waals surface area (Å²) >= 11 is 0. The van der Waals surface area contributed by atoms with Gasteiger partial charge in [0.15, 0.2) is 0 Å². The van der Waals surface area contributed by atoms with Crippen molar-refractivity contribution in [2.45, 2.75) is 13.0 Å². The summed E-state index contributed by atoms with van der Waals surface area (Å²) in [5.74, 6) is 0.